The van der Waals surface area contributed by atoms with Gasteiger partial charge in [0, 0.05) is 40.1 Å². The molecular formula is C20H17BrN4O3S. The SMILES string of the molecule is O=C(Nc1nc(-c2ccc(Br)cc2)cs1)c1ccc(N2CCCC2)c([N+](=O)[O-])c1. The third kappa shape index (κ3) is 4.30. The summed E-state index contributed by atoms with van der Waals surface area (Å²) in [6, 6.07) is 12.3. The van der Waals surface area contributed by atoms with Crippen molar-refractivity contribution in [3.05, 3.63) is 68.0 Å². The Balaban J connectivity index is 1.53. The van der Waals surface area contributed by atoms with Crippen LogP contribution in [0, 0.1) is 10.1 Å². The molecule has 1 aliphatic rings. The van der Waals surface area contributed by atoms with E-state index in [4.69, 9.17) is 0 Å². The normalized spacial score (nSPS) is 13.5. The van der Waals surface area contributed by atoms with Crippen LogP contribution in [0.4, 0.5) is 16.5 Å². The number of amides is 1. The van der Waals surface area contributed by atoms with E-state index >= 15 is 0 Å². The Hall–Kier alpha value is -2.78. The summed E-state index contributed by atoms with van der Waals surface area (Å²) in [7, 11) is 0. The van der Waals surface area contributed by atoms with Gasteiger partial charge in [0.1, 0.15) is 5.69 Å². The molecule has 2 aromatic carbocycles. The minimum absolute atomic E-state index is 0.0470. The lowest BCUT2D eigenvalue weighted by Gasteiger charge is -2.17. The summed E-state index contributed by atoms with van der Waals surface area (Å²) in [4.78, 5) is 30.2. The molecule has 2 heterocycles. The number of anilines is 2. The smallest absolute Gasteiger partial charge is 0.293 e. The van der Waals surface area contributed by atoms with Crippen molar-refractivity contribution in [1.29, 1.82) is 0 Å². The summed E-state index contributed by atoms with van der Waals surface area (Å²) >= 11 is 4.71. The summed E-state index contributed by atoms with van der Waals surface area (Å²) in [6.07, 6.45) is 2.04. The molecule has 1 N–H and O–H groups in total. The van der Waals surface area contributed by atoms with Gasteiger partial charge in [-0.15, -0.1) is 11.3 Å². The fourth-order valence-corrected chi connectivity index (χ4v) is 4.27. The molecule has 9 heteroatoms. The second kappa shape index (κ2) is 8.30. The van der Waals surface area contributed by atoms with Gasteiger partial charge >= 0.3 is 0 Å². The van der Waals surface area contributed by atoms with E-state index in [0.717, 1.165) is 41.7 Å². The maximum Gasteiger partial charge on any atom is 0.293 e. The van der Waals surface area contributed by atoms with Gasteiger partial charge in [-0.1, -0.05) is 28.1 Å². The number of benzene rings is 2. The van der Waals surface area contributed by atoms with Crippen LogP contribution in [0.15, 0.2) is 52.3 Å². The highest BCUT2D eigenvalue weighted by Crippen LogP contribution is 2.32. The van der Waals surface area contributed by atoms with Crippen LogP contribution >= 0.6 is 27.3 Å². The number of rotatable bonds is 5. The van der Waals surface area contributed by atoms with E-state index in [-0.39, 0.29) is 11.3 Å². The molecule has 0 bridgehead atoms. The quantitative estimate of drug-likeness (QED) is 0.400. The first-order valence-corrected chi connectivity index (χ1v) is 10.7. The first kappa shape index (κ1) is 19.5. The summed E-state index contributed by atoms with van der Waals surface area (Å²) in [5.41, 5.74) is 2.45. The minimum atomic E-state index is -0.431. The van der Waals surface area contributed by atoms with Crippen molar-refractivity contribution in [3.8, 4) is 11.3 Å². The molecule has 148 valence electrons. The molecule has 1 fully saturated rings. The lowest BCUT2D eigenvalue weighted by Crippen LogP contribution is -2.19. The number of aromatic nitrogens is 1. The minimum Gasteiger partial charge on any atom is -0.366 e. The van der Waals surface area contributed by atoms with Crippen molar-refractivity contribution in [2.75, 3.05) is 23.3 Å². The lowest BCUT2D eigenvalue weighted by atomic mass is 10.1. The Labute approximate surface area is 179 Å². The fourth-order valence-electron chi connectivity index (χ4n) is 3.29. The van der Waals surface area contributed by atoms with Crippen molar-refractivity contribution in [1.82, 2.24) is 4.98 Å². The highest BCUT2D eigenvalue weighted by atomic mass is 79.9. The highest BCUT2D eigenvalue weighted by molar-refractivity contribution is 9.10. The van der Waals surface area contributed by atoms with Crippen LogP contribution in [0.1, 0.15) is 23.2 Å². The lowest BCUT2D eigenvalue weighted by molar-refractivity contribution is -0.384. The largest absolute Gasteiger partial charge is 0.366 e. The third-order valence-electron chi connectivity index (χ3n) is 4.75. The average molecular weight is 473 g/mol. The van der Waals surface area contributed by atoms with Crippen molar-refractivity contribution in [2.24, 2.45) is 0 Å². The van der Waals surface area contributed by atoms with Gasteiger partial charge in [0.05, 0.1) is 10.6 Å². The molecule has 0 radical (unpaired) electrons. The van der Waals surface area contributed by atoms with Crippen LogP contribution in [0.5, 0.6) is 0 Å². The zero-order valence-electron chi connectivity index (χ0n) is 15.3. The monoisotopic (exact) mass is 472 g/mol. The van der Waals surface area contributed by atoms with Gasteiger partial charge in [0.2, 0.25) is 0 Å². The van der Waals surface area contributed by atoms with Crippen LogP contribution in [-0.4, -0.2) is 28.9 Å². The molecule has 0 saturated carbocycles. The van der Waals surface area contributed by atoms with E-state index in [1.54, 1.807) is 12.1 Å². The van der Waals surface area contributed by atoms with E-state index in [1.165, 1.54) is 17.4 Å². The van der Waals surface area contributed by atoms with Gasteiger partial charge in [-0.05, 0) is 37.1 Å². The van der Waals surface area contributed by atoms with Crippen LogP contribution < -0.4 is 10.2 Å². The van der Waals surface area contributed by atoms with E-state index in [1.807, 2.05) is 34.5 Å². The van der Waals surface area contributed by atoms with Crippen molar-refractivity contribution in [2.45, 2.75) is 12.8 Å². The number of nitro groups is 1. The Bertz CT molecular complexity index is 1060. The Morgan fingerprint density at radius 3 is 2.59 bits per heavy atom. The van der Waals surface area contributed by atoms with Gasteiger partial charge in [0.15, 0.2) is 5.13 Å². The first-order chi connectivity index (χ1) is 14.0. The van der Waals surface area contributed by atoms with Gasteiger partial charge in [0.25, 0.3) is 11.6 Å². The number of thiazole rings is 1. The molecule has 29 heavy (non-hydrogen) atoms. The van der Waals surface area contributed by atoms with Crippen molar-refractivity contribution >= 4 is 49.7 Å². The average Bonchev–Trinajstić information content (AvgIpc) is 3.40. The van der Waals surface area contributed by atoms with Gasteiger partial charge in [-0.25, -0.2) is 4.98 Å². The predicted molar refractivity (Wildman–Crippen MR) is 118 cm³/mol. The molecule has 0 aliphatic carbocycles. The number of hydrogen-bond acceptors (Lipinski definition) is 6. The predicted octanol–water partition coefficient (Wildman–Crippen LogP) is 5.33. The molecule has 4 rings (SSSR count). The molecule has 1 aliphatic heterocycles. The topological polar surface area (TPSA) is 88.4 Å². The van der Waals surface area contributed by atoms with Crippen molar-refractivity contribution < 1.29 is 9.72 Å². The Morgan fingerprint density at radius 2 is 1.90 bits per heavy atom. The molecule has 0 spiro atoms. The summed E-state index contributed by atoms with van der Waals surface area (Å²) in [5.74, 6) is -0.419. The first-order valence-electron chi connectivity index (χ1n) is 9.07. The number of carbonyl (C=O) groups excluding carboxylic acids is 1. The van der Waals surface area contributed by atoms with E-state index in [9.17, 15) is 14.9 Å². The highest BCUT2D eigenvalue weighted by Gasteiger charge is 2.24. The van der Waals surface area contributed by atoms with Crippen LogP contribution in [-0.2, 0) is 0 Å². The summed E-state index contributed by atoms with van der Waals surface area (Å²) < 4.78 is 0.976. The maximum atomic E-state index is 12.6. The molecular weight excluding hydrogens is 456 g/mol. The number of nitrogens with one attached hydrogen (secondary N) is 1. The van der Waals surface area contributed by atoms with Crippen LogP contribution in [0.2, 0.25) is 0 Å². The number of hydrogen-bond donors (Lipinski definition) is 1. The second-order valence-corrected chi connectivity index (χ2v) is 8.43. The van der Waals surface area contributed by atoms with E-state index in [2.05, 4.69) is 26.2 Å². The third-order valence-corrected chi connectivity index (χ3v) is 6.03. The second-order valence-electron chi connectivity index (χ2n) is 6.65. The molecule has 0 unspecified atom stereocenters. The standard InChI is InChI=1S/C20H17BrN4O3S/c21-15-6-3-13(4-7-15)16-12-29-20(22-16)23-19(26)14-5-8-17(18(11-14)25(27)28)24-9-1-2-10-24/h3-8,11-12H,1-2,9-10H2,(H,22,23,26). The van der Waals surface area contributed by atoms with E-state index < -0.39 is 10.8 Å². The number of carbonyl (C=O) groups is 1. The fraction of sp³-hybridized carbons (Fsp3) is 0.200. The van der Waals surface area contributed by atoms with Crippen LogP contribution in [0.25, 0.3) is 11.3 Å². The number of nitro benzene ring substituents is 1. The van der Waals surface area contributed by atoms with Crippen molar-refractivity contribution in [3.63, 3.8) is 0 Å². The van der Waals surface area contributed by atoms with Gasteiger partial charge in [-0.2, -0.15) is 0 Å². The molecule has 0 atom stereocenters. The zero-order chi connectivity index (χ0) is 20.4. The molecule has 1 amide bonds. The number of halogens is 1. The molecule has 1 saturated heterocycles. The van der Waals surface area contributed by atoms with Gasteiger partial charge < -0.3 is 4.90 Å². The number of nitrogens with zero attached hydrogens (tertiary/aromatic N) is 3. The summed E-state index contributed by atoms with van der Waals surface area (Å²) in [5, 5.41) is 16.6. The molecule has 7 nitrogen and oxygen atoms in total. The van der Waals surface area contributed by atoms with Crippen LogP contribution in [0.3, 0.4) is 0 Å². The van der Waals surface area contributed by atoms with Gasteiger partial charge in [-0.3, -0.25) is 20.2 Å². The van der Waals surface area contributed by atoms with E-state index in [0.29, 0.717) is 10.8 Å². The Morgan fingerprint density at radius 1 is 1.17 bits per heavy atom. The maximum absolute atomic E-state index is 12.6. The molecule has 1 aromatic heterocycles. The summed E-state index contributed by atoms with van der Waals surface area (Å²) in [6.45, 7) is 1.59. The Kier molecular flexibility index (Phi) is 5.59. The zero-order valence-corrected chi connectivity index (χ0v) is 17.7. The molecule has 3 aromatic rings.